The quantitative estimate of drug-likeness (QED) is 0.365. The third-order valence-corrected chi connectivity index (χ3v) is 4.53. The maximum absolute atomic E-state index is 11.8. The van der Waals surface area contributed by atoms with Crippen molar-refractivity contribution in [2.45, 2.75) is 64.8 Å². The Morgan fingerprint density at radius 3 is 2.30 bits per heavy atom. The fourth-order valence-electron chi connectivity index (χ4n) is 2.70. The second kappa shape index (κ2) is 12.8. The summed E-state index contributed by atoms with van der Waals surface area (Å²) in [6, 6.07) is 0.496. The number of aliphatic imine (C=N–C) groups is 1. The molecular formula is C17H35IN4O. The van der Waals surface area contributed by atoms with Crippen LogP contribution in [0.2, 0.25) is 0 Å². The summed E-state index contributed by atoms with van der Waals surface area (Å²) < 4.78 is 0. The zero-order chi connectivity index (χ0) is 16.4. The topological polar surface area (TPSA) is 56.7 Å². The molecule has 23 heavy (non-hydrogen) atoms. The van der Waals surface area contributed by atoms with E-state index in [9.17, 15) is 4.79 Å². The minimum absolute atomic E-state index is 0. The van der Waals surface area contributed by atoms with Crippen LogP contribution in [0.4, 0.5) is 0 Å². The van der Waals surface area contributed by atoms with Gasteiger partial charge < -0.3 is 15.5 Å². The molecule has 0 unspecified atom stereocenters. The summed E-state index contributed by atoms with van der Waals surface area (Å²) in [4.78, 5) is 17.8. The number of likely N-dealkylation sites (N-methyl/N-ethyl adjacent to an activating group) is 1. The highest BCUT2D eigenvalue weighted by Gasteiger charge is 2.15. The molecule has 0 atom stereocenters. The second-order valence-corrected chi connectivity index (χ2v) is 6.50. The SMILES string of the molecule is CCC(CC)CNC(=NCC(=O)N(C)C)NC1CCCCC1.I. The molecule has 0 saturated heterocycles. The molecule has 5 nitrogen and oxygen atoms in total. The molecule has 1 rings (SSSR count). The van der Waals surface area contributed by atoms with Crippen LogP contribution in [0.3, 0.4) is 0 Å². The minimum atomic E-state index is 0. The van der Waals surface area contributed by atoms with Gasteiger partial charge in [0.1, 0.15) is 6.54 Å². The second-order valence-electron chi connectivity index (χ2n) is 6.50. The van der Waals surface area contributed by atoms with Crippen LogP contribution in [0, 0.1) is 5.92 Å². The summed E-state index contributed by atoms with van der Waals surface area (Å²) in [7, 11) is 3.54. The van der Waals surface area contributed by atoms with Crippen LogP contribution < -0.4 is 10.6 Å². The summed E-state index contributed by atoms with van der Waals surface area (Å²) in [5, 5.41) is 6.95. The van der Waals surface area contributed by atoms with Gasteiger partial charge in [-0.1, -0.05) is 46.0 Å². The summed E-state index contributed by atoms with van der Waals surface area (Å²) in [6.07, 6.45) is 8.64. The molecule has 0 spiro atoms. The lowest BCUT2D eigenvalue weighted by molar-refractivity contribution is -0.127. The van der Waals surface area contributed by atoms with Crippen LogP contribution in [0.25, 0.3) is 0 Å². The fourth-order valence-corrected chi connectivity index (χ4v) is 2.70. The first-order valence-corrected chi connectivity index (χ1v) is 8.81. The Balaban J connectivity index is 0.00000484. The standard InChI is InChI=1S/C17H34N4O.HI/c1-5-14(6-2)12-18-17(19-13-16(22)21(3)4)20-15-10-8-7-9-11-15;/h14-15H,5-13H2,1-4H3,(H2,18,19,20);1H. The fraction of sp³-hybridized carbons (Fsp3) is 0.882. The number of guanidine groups is 1. The van der Waals surface area contributed by atoms with E-state index in [1.54, 1.807) is 19.0 Å². The summed E-state index contributed by atoms with van der Waals surface area (Å²) in [5.74, 6) is 1.49. The van der Waals surface area contributed by atoms with Crippen molar-refractivity contribution in [1.29, 1.82) is 0 Å². The van der Waals surface area contributed by atoms with Crippen LogP contribution in [0.1, 0.15) is 58.8 Å². The first kappa shape index (κ1) is 22.5. The number of nitrogens with one attached hydrogen (secondary N) is 2. The molecule has 136 valence electrons. The van der Waals surface area contributed by atoms with Gasteiger partial charge in [-0.3, -0.25) is 4.79 Å². The zero-order valence-corrected chi connectivity index (χ0v) is 17.6. The molecule has 6 heteroatoms. The highest BCUT2D eigenvalue weighted by molar-refractivity contribution is 14.0. The van der Waals surface area contributed by atoms with Gasteiger partial charge in [0.15, 0.2) is 5.96 Å². The molecule has 1 saturated carbocycles. The summed E-state index contributed by atoms with van der Waals surface area (Å²) in [6.45, 7) is 5.56. The van der Waals surface area contributed by atoms with E-state index in [4.69, 9.17) is 0 Å². The van der Waals surface area contributed by atoms with Gasteiger partial charge in [0, 0.05) is 26.7 Å². The van der Waals surface area contributed by atoms with Gasteiger partial charge in [0.2, 0.25) is 5.91 Å². The predicted octanol–water partition coefficient (Wildman–Crippen LogP) is 3.00. The monoisotopic (exact) mass is 438 g/mol. The van der Waals surface area contributed by atoms with Crippen LogP contribution in [0.5, 0.6) is 0 Å². The predicted molar refractivity (Wildman–Crippen MR) is 108 cm³/mol. The number of nitrogens with zero attached hydrogens (tertiary/aromatic N) is 2. The molecule has 0 aromatic heterocycles. The number of amides is 1. The third-order valence-electron chi connectivity index (χ3n) is 4.53. The summed E-state index contributed by atoms with van der Waals surface area (Å²) in [5.41, 5.74) is 0. The van der Waals surface area contributed by atoms with Crippen LogP contribution in [0.15, 0.2) is 4.99 Å². The van der Waals surface area contributed by atoms with E-state index in [0.717, 1.165) is 25.3 Å². The molecule has 0 aromatic rings. The Labute approximate surface area is 159 Å². The van der Waals surface area contributed by atoms with Crippen LogP contribution in [-0.2, 0) is 4.79 Å². The Kier molecular flexibility index (Phi) is 12.5. The van der Waals surface area contributed by atoms with Crippen molar-refractivity contribution < 1.29 is 4.79 Å². The van der Waals surface area contributed by atoms with Crippen molar-refractivity contribution in [3.8, 4) is 0 Å². The van der Waals surface area contributed by atoms with E-state index in [-0.39, 0.29) is 36.4 Å². The number of rotatable bonds is 7. The number of carbonyl (C=O) groups is 1. The van der Waals surface area contributed by atoms with Crippen molar-refractivity contribution >= 4 is 35.8 Å². The lowest BCUT2D eigenvalue weighted by atomic mass is 9.96. The Morgan fingerprint density at radius 2 is 1.78 bits per heavy atom. The molecular weight excluding hydrogens is 403 g/mol. The smallest absolute Gasteiger partial charge is 0.243 e. The van der Waals surface area contributed by atoms with Gasteiger partial charge in [-0.15, -0.1) is 24.0 Å². The largest absolute Gasteiger partial charge is 0.356 e. The Hall–Kier alpha value is -0.530. The number of hydrogen-bond donors (Lipinski definition) is 2. The van der Waals surface area contributed by atoms with E-state index in [2.05, 4.69) is 29.5 Å². The summed E-state index contributed by atoms with van der Waals surface area (Å²) >= 11 is 0. The van der Waals surface area contributed by atoms with Gasteiger partial charge >= 0.3 is 0 Å². The molecule has 0 heterocycles. The van der Waals surface area contributed by atoms with Gasteiger partial charge in [-0.05, 0) is 18.8 Å². The van der Waals surface area contributed by atoms with Gasteiger partial charge in [-0.25, -0.2) is 4.99 Å². The first-order chi connectivity index (χ1) is 10.6. The van der Waals surface area contributed by atoms with Gasteiger partial charge in [0.25, 0.3) is 0 Å². The average Bonchev–Trinajstić information content (AvgIpc) is 2.53. The van der Waals surface area contributed by atoms with Crippen molar-refractivity contribution in [2.24, 2.45) is 10.9 Å². The van der Waals surface area contributed by atoms with Crippen LogP contribution >= 0.6 is 24.0 Å². The maximum atomic E-state index is 11.8. The zero-order valence-electron chi connectivity index (χ0n) is 15.2. The van der Waals surface area contributed by atoms with E-state index in [1.807, 2.05) is 0 Å². The molecule has 1 aliphatic rings. The van der Waals surface area contributed by atoms with E-state index in [0.29, 0.717) is 12.0 Å². The third kappa shape index (κ3) is 9.37. The lowest BCUT2D eigenvalue weighted by Gasteiger charge is -2.26. The number of halogens is 1. The minimum Gasteiger partial charge on any atom is -0.356 e. The maximum Gasteiger partial charge on any atom is 0.243 e. The Bertz CT molecular complexity index is 351. The van der Waals surface area contributed by atoms with Crippen LogP contribution in [-0.4, -0.2) is 50.0 Å². The van der Waals surface area contributed by atoms with E-state index >= 15 is 0 Å². The van der Waals surface area contributed by atoms with Gasteiger partial charge in [0.05, 0.1) is 0 Å². The molecule has 0 aliphatic heterocycles. The lowest BCUT2D eigenvalue weighted by Crippen LogP contribution is -2.46. The molecule has 0 radical (unpaired) electrons. The molecule has 1 amide bonds. The number of carbonyl (C=O) groups excluding carboxylic acids is 1. The Morgan fingerprint density at radius 1 is 1.17 bits per heavy atom. The highest BCUT2D eigenvalue weighted by Crippen LogP contribution is 2.17. The van der Waals surface area contributed by atoms with Crippen molar-refractivity contribution in [2.75, 3.05) is 27.2 Å². The number of hydrogen-bond acceptors (Lipinski definition) is 2. The van der Waals surface area contributed by atoms with Gasteiger partial charge in [-0.2, -0.15) is 0 Å². The van der Waals surface area contributed by atoms with E-state index in [1.165, 1.54) is 32.1 Å². The van der Waals surface area contributed by atoms with Crippen molar-refractivity contribution in [1.82, 2.24) is 15.5 Å². The normalized spacial score (nSPS) is 16.0. The van der Waals surface area contributed by atoms with E-state index < -0.39 is 0 Å². The first-order valence-electron chi connectivity index (χ1n) is 8.81. The molecule has 0 bridgehead atoms. The average molecular weight is 438 g/mol. The molecule has 1 fully saturated rings. The molecule has 0 aromatic carbocycles. The highest BCUT2D eigenvalue weighted by atomic mass is 127. The van der Waals surface area contributed by atoms with Crippen molar-refractivity contribution in [3.05, 3.63) is 0 Å². The molecule has 2 N–H and O–H groups in total. The molecule has 1 aliphatic carbocycles. The van der Waals surface area contributed by atoms with Crippen molar-refractivity contribution in [3.63, 3.8) is 0 Å².